The summed E-state index contributed by atoms with van der Waals surface area (Å²) in [5.41, 5.74) is 1.84. The van der Waals surface area contributed by atoms with E-state index in [0.29, 0.717) is 44.9 Å². The van der Waals surface area contributed by atoms with E-state index in [1.807, 2.05) is 5.38 Å². The Hall–Kier alpha value is -3.13. The lowest BCUT2D eigenvalue weighted by Gasteiger charge is -2.12. The number of hydrogen-bond acceptors (Lipinski definition) is 6. The minimum absolute atomic E-state index is 0.304. The van der Waals surface area contributed by atoms with Gasteiger partial charge in [-0.3, -0.25) is 0 Å². The van der Waals surface area contributed by atoms with Crippen molar-refractivity contribution in [2.75, 3.05) is 21.3 Å². The van der Waals surface area contributed by atoms with E-state index in [0.717, 1.165) is 0 Å². The van der Waals surface area contributed by atoms with Crippen LogP contribution in [-0.2, 0) is 0 Å². The van der Waals surface area contributed by atoms with E-state index in [2.05, 4.69) is 10.1 Å². The third-order valence-corrected chi connectivity index (χ3v) is 4.97. The monoisotopic (exact) mass is 385 g/mol. The molecule has 8 heteroatoms. The first-order valence-corrected chi connectivity index (χ1v) is 8.93. The van der Waals surface area contributed by atoms with E-state index in [-0.39, 0.29) is 5.82 Å². The molecule has 0 atom stereocenters. The summed E-state index contributed by atoms with van der Waals surface area (Å²) in [7, 11) is 4.65. The Labute approximate surface area is 158 Å². The van der Waals surface area contributed by atoms with Crippen LogP contribution in [-0.4, -0.2) is 35.9 Å². The van der Waals surface area contributed by atoms with Crippen LogP contribution >= 0.6 is 11.3 Å². The summed E-state index contributed by atoms with van der Waals surface area (Å²) in [6, 6.07) is 10.2. The Balaban J connectivity index is 1.86. The maximum atomic E-state index is 14.2. The molecule has 0 spiro atoms. The topological polar surface area (TPSA) is 57.9 Å². The van der Waals surface area contributed by atoms with Gasteiger partial charge >= 0.3 is 0 Å². The predicted molar refractivity (Wildman–Crippen MR) is 101 cm³/mol. The average molecular weight is 385 g/mol. The Bertz CT molecular complexity index is 1100. The lowest BCUT2D eigenvalue weighted by molar-refractivity contribution is 0.324. The van der Waals surface area contributed by atoms with E-state index >= 15 is 0 Å². The van der Waals surface area contributed by atoms with Gasteiger partial charge in [0, 0.05) is 16.5 Å². The van der Waals surface area contributed by atoms with E-state index < -0.39 is 0 Å². The quantitative estimate of drug-likeness (QED) is 0.513. The van der Waals surface area contributed by atoms with E-state index in [1.54, 1.807) is 56.2 Å². The zero-order valence-corrected chi connectivity index (χ0v) is 15.7. The van der Waals surface area contributed by atoms with Crippen molar-refractivity contribution in [3.63, 3.8) is 0 Å². The van der Waals surface area contributed by atoms with Crippen molar-refractivity contribution in [1.82, 2.24) is 14.6 Å². The smallest absolute Gasteiger partial charge is 0.213 e. The van der Waals surface area contributed by atoms with Crippen LogP contribution in [0.25, 0.3) is 27.6 Å². The van der Waals surface area contributed by atoms with E-state index in [4.69, 9.17) is 14.2 Å². The highest BCUT2D eigenvalue weighted by molar-refractivity contribution is 7.15. The molecule has 0 radical (unpaired) electrons. The molecule has 0 aliphatic carbocycles. The molecule has 0 saturated carbocycles. The molecule has 0 N–H and O–H groups in total. The molecule has 0 fully saturated rings. The van der Waals surface area contributed by atoms with Crippen LogP contribution in [0.1, 0.15) is 0 Å². The SMILES string of the molecule is COc1cc(-c2nc3scc(-c4ccccc4F)n3n2)cc(OC)c1OC. The molecule has 2 aromatic heterocycles. The first-order valence-electron chi connectivity index (χ1n) is 8.05. The van der Waals surface area contributed by atoms with Gasteiger partial charge < -0.3 is 14.2 Å². The van der Waals surface area contributed by atoms with Crippen LogP contribution in [0.2, 0.25) is 0 Å². The number of rotatable bonds is 5. The zero-order valence-electron chi connectivity index (χ0n) is 14.9. The lowest BCUT2D eigenvalue weighted by Crippen LogP contribution is -1.96. The van der Waals surface area contributed by atoms with Crippen LogP contribution < -0.4 is 14.2 Å². The Morgan fingerprint density at radius 2 is 1.70 bits per heavy atom. The number of nitrogens with zero attached hydrogens (tertiary/aromatic N) is 3. The maximum Gasteiger partial charge on any atom is 0.213 e. The third-order valence-electron chi connectivity index (χ3n) is 4.15. The molecule has 0 aliphatic rings. The largest absolute Gasteiger partial charge is 0.493 e. The molecule has 0 saturated heterocycles. The maximum absolute atomic E-state index is 14.2. The second kappa shape index (κ2) is 6.88. The van der Waals surface area contributed by atoms with Gasteiger partial charge in [0.05, 0.1) is 27.0 Å². The van der Waals surface area contributed by atoms with Gasteiger partial charge in [0.15, 0.2) is 17.3 Å². The van der Waals surface area contributed by atoms with Crippen molar-refractivity contribution in [3.8, 4) is 39.9 Å². The van der Waals surface area contributed by atoms with Crippen molar-refractivity contribution < 1.29 is 18.6 Å². The van der Waals surface area contributed by atoms with Crippen LogP contribution in [0.5, 0.6) is 17.2 Å². The fraction of sp³-hybridized carbons (Fsp3) is 0.158. The summed E-state index contributed by atoms with van der Waals surface area (Å²) in [4.78, 5) is 5.22. The first-order chi connectivity index (χ1) is 13.2. The highest BCUT2D eigenvalue weighted by Crippen LogP contribution is 2.41. The van der Waals surface area contributed by atoms with Crippen molar-refractivity contribution >= 4 is 16.3 Å². The van der Waals surface area contributed by atoms with E-state index in [1.165, 1.54) is 17.4 Å². The molecular formula is C19H16FN3O3S. The van der Waals surface area contributed by atoms with Gasteiger partial charge in [0.2, 0.25) is 10.7 Å². The third kappa shape index (κ3) is 2.87. The molecule has 0 aliphatic heterocycles. The molecule has 0 amide bonds. The van der Waals surface area contributed by atoms with E-state index in [9.17, 15) is 4.39 Å². The van der Waals surface area contributed by atoms with Crippen molar-refractivity contribution in [2.45, 2.75) is 0 Å². The summed E-state index contributed by atoms with van der Waals surface area (Å²) >= 11 is 1.40. The number of halogens is 1. The molecule has 138 valence electrons. The van der Waals surface area contributed by atoms with Crippen molar-refractivity contribution in [2.24, 2.45) is 0 Å². The Morgan fingerprint density at radius 3 is 2.33 bits per heavy atom. The summed E-state index contributed by atoms with van der Waals surface area (Å²) in [5.74, 6) is 1.70. The van der Waals surface area contributed by atoms with Gasteiger partial charge in [-0.25, -0.2) is 8.91 Å². The van der Waals surface area contributed by atoms with Gasteiger partial charge in [-0.15, -0.1) is 16.4 Å². The molecule has 27 heavy (non-hydrogen) atoms. The summed E-state index contributed by atoms with van der Waals surface area (Å²) in [6.07, 6.45) is 0. The second-order valence-electron chi connectivity index (χ2n) is 5.64. The highest BCUT2D eigenvalue weighted by Gasteiger charge is 2.19. The highest BCUT2D eigenvalue weighted by atomic mass is 32.1. The molecule has 2 aromatic carbocycles. The Morgan fingerprint density at radius 1 is 1.00 bits per heavy atom. The minimum atomic E-state index is -0.304. The van der Waals surface area contributed by atoms with Gasteiger partial charge in [-0.2, -0.15) is 4.98 Å². The molecule has 0 bridgehead atoms. The van der Waals surface area contributed by atoms with Crippen LogP contribution in [0, 0.1) is 5.82 Å². The molecule has 4 rings (SSSR count). The van der Waals surface area contributed by atoms with Crippen LogP contribution in [0.15, 0.2) is 41.8 Å². The first kappa shape index (κ1) is 17.3. The number of ether oxygens (including phenoxy) is 3. The summed E-state index contributed by atoms with van der Waals surface area (Å²) in [6.45, 7) is 0. The molecular weight excluding hydrogens is 369 g/mol. The van der Waals surface area contributed by atoms with Crippen LogP contribution in [0.3, 0.4) is 0 Å². The Kier molecular flexibility index (Phi) is 4.41. The number of fused-ring (bicyclic) bond motifs is 1. The zero-order chi connectivity index (χ0) is 19.0. The molecule has 2 heterocycles. The van der Waals surface area contributed by atoms with Gasteiger partial charge in [-0.05, 0) is 24.3 Å². The number of benzene rings is 2. The predicted octanol–water partition coefficient (Wildman–Crippen LogP) is 4.29. The lowest BCUT2D eigenvalue weighted by atomic mass is 10.1. The van der Waals surface area contributed by atoms with Gasteiger partial charge in [-0.1, -0.05) is 12.1 Å². The molecule has 0 unspecified atom stereocenters. The van der Waals surface area contributed by atoms with Gasteiger partial charge in [0.1, 0.15) is 5.82 Å². The van der Waals surface area contributed by atoms with Gasteiger partial charge in [0.25, 0.3) is 0 Å². The normalized spacial score (nSPS) is 11.0. The average Bonchev–Trinajstić information content (AvgIpc) is 3.28. The summed E-state index contributed by atoms with van der Waals surface area (Å²) < 4.78 is 32.0. The fourth-order valence-corrected chi connectivity index (χ4v) is 3.69. The van der Waals surface area contributed by atoms with Crippen molar-refractivity contribution in [3.05, 3.63) is 47.6 Å². The molecule has 6 nitrogen and oxygen atoms in total. The van der Waals surface area contributed by atoms with Crippen molar-refractivity contribution in [1.29, 1.82) is 0 Å². The van der Waals surface area contributed by atoms with Crippen LogP contribution in [0.4, 0.5) is 4.39 Å². The second-order valence-corrected chi connectivity index (χ2v) is 6.48. The number of aromatic nitrogens is 3. The number of methoxy groups -OCH3 is 3. The minimum Gasteiger partial charge on any atom is -0.493 e. The standard InChI is InChI=1S/C19H16FN3O3S/c1-24-15-8-11(9-16(25-2)17(15)26-3)18-21-19-23(22-18)14(10-27-19)12-6-4-5-7-13(12)20/h4-10H,1-3H3. The fourth-order valence-electron chi connectivity index (χ4n) is 2.87. The number of thiazole rings is 1. The number of hydrogen-bond donors (Lipinski definition) is 0. The molecule has 4 aromatic rings. The summed E-state index contributed by atoms with van der Waals surface area (Å²) in [5, 5.41) is 6.40.